The zero-order valence-corrected chi connectivity index (χ0v) is 27.0. The van der Waals surface area contributed by atoms with E-state index in [0.29, 0.717) is 31.7 Å². The smallest absolute Gasteiger partial charge is 0.346 e. The van der Waals surface area contributed by atoms with Gasteiger partial charge in [-0.1, -0.05) is 60.0 Å². The first-order valence-electron chi connectivity index (χ1n) is 13.7. The molecular weight excluding hydrogens is 625 g/mol. The quantitative estimate of drug-likeness (QED) is 0.175. The summed E-state index contributed by atoms with van der Waals surface area (Å²) in [6, 6.07) is 11.6. The molecule has 3 aliphatic heterocycles. The van der Waals surface area contributed by atoms with Gasteiger partial charge in [-0.2, -0.15) is 0 Å². The maximum Gasteiger partial charge on any atom is 0.346 e. The second-order valence-corrected chi connectivity index (χ2v) is 12.9. The van der Waals surface area contributed by atoms with Crippen LogP contribution in [0, 0.1) is 0 Å². The number of ether oxygens (including phenoxy) is 3. The number of esters is 2. The average Bonchev–Trinajstić information content (AvgIpc) is 3.54. The zero-order valence-electron chi connectivity index (χ0n) is 24.5. The zero-order chi connectivity index (χ0) is 31.9. The number of fused-ring (bicyclic) bond motifs is 2. The first-order valence-corrected chi connectivity index (χ1v) is 15.7. The normalized spacial score (nSPS) is 17.2. The van der Waals surface area contributed by atoms with Gasteiger partial charge >= 0.3 is 11.9 Å². The van der Waals surface area contributed by atoms with Gasteiger partial charge in [-0.3, -0.25) is 24.2 Å². The minimum Gasteiger partial charge on any atom is -0.495 e. The molecule has 10 nitrogen and oxygen atoms in total. The summed E-state index contributed by atoms with van der Waals surface area (Å²) < 4.78 is 16.7. The number of thioether (sulfide) groups is 2. The van der Waals surface area contributed by atoms with Crippen LogP contribution in [0.25, 0.3) is 5.57 Å². The average molecular weight is 653 g/mol. The van der Waals surface area contributed by atoms with Gasteiger partial charge in [0.15, 0.2) is 0 Å². The molecule has 0 unspecified atom stereocenters. The molecule has 0 saturated heterocycles. The number of thiocarbonyl (C=S) groups is 1. The molecule has 0 saturated carbocycles. The van der Waals surface area contributed by atoms with Crippen molar-refractivity contribution in [2.45, 2.75) is 33.2 Å². The Morgan fingerprint density at radius 1 is 0.841 bits per heavy atom. The van der Waals surface area contributed by atoms with E-state index in [1.807, 2.05) is 0 Å². The highest BCUT2D eigenvalue weighted by Gasteiger charge is 2.48. The fourth-order valence-electron chi connectivity index (χ4n) is 5.22. The largest absolute Gasteiger partial charge is 0.495 e. The van der Waals surface area contributed by atoms with Crippen LogP contribution in [-0.2, 0) is 23.9 Å². The minimum absolute atomic E-state index is 0.0898. The van der Waals surface area contributed by atoms with Gasteiger partial charge in [0, 0.05) is 11.1 Å². The number of rotatable bonds is 7. The highest BCUT2D eigenvalue weighted by molar-refractivity contribution is 8.29. The molecule has 0 fully saturated rings. The van der Waals surface area contributed by atoms with Crippen molar-refractivity contribution in [3.05, 3.63) is 73.2 Å². The van der Waals surface area contributed by atoms with Crippen molar-refractivity contribution >= 4 is 81.5 Å². The van der Waals surface area contributed by atoms with E-state index in [1.54, 1.807) is 70.2 Å². The number of hydrogen-bond acceptors (Lipinski definition) is 11. The van der Waals surface area contributed by atoms with E-state index in [2.05, 4.69) is 0 Å². The molecule has 5 rings (SSSR count). The van der Waals surface area contributed by atoms with Crippen LogP contribution in [0.4, 0.5) is 5.69 Å². The number of amides is 3. The highest BCUT2D eigenvalue weighted by atomic mass is 32.2. The molecule has 2 aromatic carbocycles. The number of benzene rings is 2. The molecule has 0 spiro atoms. The lowest BCUT2D eigenvalue weighted by Crippen LogP contribution is -2.58. The van der Waals surface area contributed by atoms with E-state index >= 15 is 0 Å². The summed E-state index contributed by atoms with van der Waals surface area (Å²) in [5, 5.41) is 0. The fourth-order valence-corrected chi connectivity index (χ4v) is 8.20. The maximum atomic E-state index is 14.2. The molecule has 0 aromatic heterocycles. The van der Waals surface area contributed by atoms with Crippen molar-refractivity contribution in [2.24, 2.45) is 0 Å². The Balaban J connectivity index is 1.60. The summed E-state index contributed by atoms with van der Waals surface area (Å²) in [4.78, 5) is 69.0. The number of carbonyl (C=O) groups is 5. The van der Waals surface area contributed by atoms with Crippen LogP contribution >= 0.6 is 35.7 Å². The maximum absolute atomic E-state index is 14.2. The second-order valence-electron chi connectivity index (χ2n) is 10.2. The minimum atomic E-state index is -1.17. The van der Waals surface area contributed by atoms with Crippen LogP contribution in [0.2, 0.25) is 0 Å². The lowest BCUT2D eigenvalue weighted by atomic mass is 9.83. The van der Waals surface area contributed by atoms with E-state index < -0.39 is 41.7 Å². The second kappa shape index (κ2) is 12.2. The highest BCUT2D eigenvalue weighted by Crippen LogP contribution is 2.57. The molecule has 3 heterocycles. The monoisotopic (exact) mass is 652 g/mol. The molecule has 0 aliphatic carbocycles. The molecule has 3 amide bonds. The van der Waals surface area contributed by atoms with Crippen molar-refractivity contribution in [2.75, 3.05) is 31.8 Å². The van der Waals surface area contributed by atoms with Crippen LogP contribution in [0.1, 0.15) is 54.0 Å². The van der Waals surface area contributed by atoms with Gasteiger partial charge in [-0.15, -0.1) is 0 Å². The lowest BCUT2D eigenvalue weighted by Gasteiger charge is -2.46. The van der Waals surface area contributed by atoms with Crippen LogP contribution in [-0.4, -0.2) is 71.8 Å². The Kier molecular flexibility index (Phi) is 8.74. The number of imide groups is 1. The van der Waals surface area contributed by atoms with Crippen molar-refractivity contribution < 1.29 is 38.2 Å². The Morgan fingerprint density at radius 2 is 1.36 bits per heavy atom. The molecule has 0 N–H and O–H groups in total. The van der Waals surface area contributed by atoms with Gasteiger partial charge in [0.25, 0.3) is 11.8 Å². The number of anilines is 1. The Morgan fingerprint density at radius 3 is 1.86 bits per heavy atom. The SMILES string of the molecule is CCOC(=O)C1=C(C(=O)OCC)SC(=C2C(=S)C(C)(C)N(C(=O)CN3C(=O)c4ccccc4C3=O)c3c(OC)cccc32)S1. The van der Waals surface area contributed by atoms with Crippen LogP contribution in [0.15, 0.2) is 56.5 Å². The van der Waals surface area contributed by atoms with Crippen LogP contribution in [0.3, 0.4) is 0 Å². The molecular formula is C31H28N2O8S3. The Hall–Kier alpha value is -3.94. The third kappa shape index (κ3) is 5.12. The van der Waals surface area contributed by atoms with Gasteiger partial charge in [0.1, 0.15) is 22.1 Å². The Bertz CT molecular complexity index is 1640. The van der Waals surface area contributed by atoms with Crippen LogP contribution in [0.5, 0.6) is 5.75 Å². The fraction of sp³-hybridized carbons (Fsp3) is 0.290. The van der Waals surface area contributed by atoms with Gasteiger partial charge in [-0.05, 0) is 45.9 Å². The summed E-state index contributed by atoms with van der Waals surface area (Å²) in [6.45, 7) is 6.56. The summed E-state index contributed by atoms with van der Waals surface area (Å²) in [5.41, 5.74) is 0.740. The first-order chi connectivity index (χ1) is 21.0. The molecule has 0 atom stereocenters. The van der Waals surface area contributed by atoms with E-state index in [4.69, 9.17) is 26.4 Å². The van der Waals surface area contributed by atoms with E-state index in [0.717, 1.165) is 28.4 Å². The van der Waals surface area contributed by atoms with Crippen molar-refractivity contribution in [1.82, 2.24) is 4.90 Å². The van der Waals surface area contributed by atoms with Gasteiger partial charge in [0.05, 0.1) is 51.8 Å². The summed E-state index contributed by atoms with van der Waals surface area (Å²) in [5.74, 6) is -2.62. The van der Waals surface area contributed by atoms with Crippen LogP contribution < -0.4 is 9.64 Å². The predicted octanol–water partition coefficient (Wildman–Crippen LogP) is 4.97. The molecule has 0 bridgehead atoms. The van der Waals surface area contributed by atoms with Gasteiger partial charge < -0.3 is 14.2 Å². The number of hydrogen-bond donors (Lipinski definition) is 0. The number of methoxy groups -OCH3 is 1. The van der Waals surface area contributed by atoms with Crippen molar-refractivity contribution in [3.8, 4) is 5.75 Å². The number of nitrogens with zero attached hydrogens (tertiary/aromatic N) is 2. The summed E-state index contributed by atoms with van der Waals surface area (Å²) >= 11 is 8.14. The van der Waals surface area contributed by atoms with E-state index in [9.17, 15) is 24.0 Å². The first kappa shape index (κ1) is 31.5. The molecule has 2 aromatic rings. The Labute approximate surface area is 267 Å². The van der Waals surface area contributed by atoms with E-state index in [1.165, 1.54) is 12.0 Å². The van der Waals surface area contributed by atoms with Crippen molar-refractivity contribution in [3.63, 3.8) is 0 Å². The van der Waals surface area contributed by atoms with E-state index in [-0.39, 0.29) is 34.2 Å². The number of carbonyl (C=O) groups excluding carboxylic acids is 5. The van der Waals surface area contributed by atoms with Gasteiger partial charge in [0.2, 0.25) is 5.91 Å². The topological polar surface area (TPSA) is 120 Å². The standard InChI is InChI=1S/C31H28N2O8S3/c1-6-40-28(37)23-24(29(38)41-7-2)44-30(43-23)21-18-13-10-14-19(39-5)22(18)33(31(3,4)25(21)42)20(34)15-32-26(35)16-11-8-9-12-17(16)27(32)36/h8-14H,6-7,15H2,1-5H3. The third-order valence-electron chi connectivity index (χ3n) is 7.20. The molecule has 44 heavy (non-hydrogen) atoms. The predicted molar refractivity (Wildman–Crippen MR) is 171 cm³/mol. The summed E-state index contributed by atoms with van der Waals surface area (Å²) in [6.07, 6.45) is 0. The summed E-state index contributed by atoms with van der Waals surface area (Å²) in [7, 11) is 1.47. The molecule has 228 valence electrons. The van der Waals surface area contributed by atoms with Gasteiger partial charge in [-0.25, -0.2) is 9.59 Å². The molecule has 13 heteroatoms. The lowest BCUT2D eigenvalue weighted by molar-refractivity contribution is -0.140. The third-order valence-corrected chi connectivity index (χ3v) is 10.5. The number of para-hydroxylation sites is 1. The van der Waals surface area contributed by atoms with Crippen molar-refractivity contribution in [1.29, 1.82) is 0 Å². The molecule has 0 radical (unpaired) electrons. The molecule has 3 aliphatic rings.